The van der Waals surface area contributed by atoms with Crippen LogP contribution in [0.2, 0.25) is 0 Å². The van der Waals surface area contributed by atoms with Crippen molar-refractivity contribution in [2.45, 2.75) is 69.3 Å². The first-order valence-electron chi connectivity index (χ1n) is 10.1. The Labute approximate surface area is 197 Å². The highest BCUT2D eigenvalue weighted by molar-refractivity contribution is 14.0. The molecule has 4 nitrogen and oxygen atoms in total. The van der Waals surface area contributed by atoms with E-state index in [1.54, 1.807) is 13.1 Å². The molecule has 0 amide bonds. The predicted molar refractivity (Wildman–Crippen MR) is 129 cm³/mol. The standard InChI is InChI=1S/C21H32F3N3OS.HI/c1-5-29(28)18-11-7-10-17(13-18)27-19(25-4)26-14-20(2,3)15-8-6-9-16(12-15)21(22,23)24;/h6,8-9,12,17-18H,5,7,10-11,13-14H2,1-4H3,(H2,25,26,27);1H. The molecule has 0 bridgehead atoms. The minimum Gasteiger partial charge on any atom is -0.356 e. The van der Waals surface area contributed by atoms with Gasteiger partial charge in [-0.05, 0) is 30.9 Å². The van der Waals surface area contributed by atoms with Crippen molar-refractivity contribution in [1.29, 1.82) is 0 Å². The Morgan fingerprint density at radius 1 is 1.23 bits per heavy atom. The number of benzene rings is 1. The van der Waals surface area contributed by atoms with Gasteiger partial charge in [-0.3, -0.25) is 9.20 Å². The zero-order valence-corrected chi connectivity index (χ0v) is 21.2. The molecule has 0 heterocycles. The number of aliphatic imine (C=N–C) groups is 1. The van der Waals surface area contributed by atoms with Gasteiger partial charge in [0.05, 0.1) is 5.56 Å². The predicted octanol–water partition coefficient (Wildman–Crippen LogP) is 4.85. The lowest BCUT2D eigenvalue weighted by molar-refractivity contribution is -0.137. The molecule has 0 spiro atoms. The van der Waals surface area contributed by atoms with Crippen LogP contribution in [0.15, 0.2) is 29.3 Å². The summed E-state index contributed by atoms with van der Waals surface area (Å²) in [7, 11) is 0.882. The van der Waals surface area contributed by atoms with Crippen LogP contribution in [0.5, 0.6) is 0 Å². The molecule has 1 saturated carbocycles. The van der Waals surface area contributed by atoms with Crippen molar-refractivity contribution >= 4 is 40.7 Å². The van der Waals surface area contributed by atoms with Crippen LogP contribution in [0.1, 0.15) is 57.6 Å². The average molecular weight is 559 g/mol. The summed E-state index contributed by atoms with van der Waals surface area (Å²) < 4.78 is 51.2. The summed E-state index contributed by atoms with van der Waals surface area (Å²) >= 11 is 0. The van der Waals surface area contributed by atoms with E-state index in [0.717, 1.165) is 31.7 Å². The van der Waals surface area contributed by atoms with Crippen molar-refractivity contribution in [1.82, 2.24) is 10.6 Å². The zero-order chi connectivity index (χ0) is 21.7. The fourth-order valence-electron chi connectivity index (χ4n) is 3.66. The number of hydrogen-bond acceptors (Lipinski definition) is 2. The first-order valence-corrected chi connectivity index (χ1v) is 11.5. The lowest BCUT2D eigenvalue weighted by atomic mass is 9.84. The Morgan fingerprint density at radius 2 is 1.90 bits per heavy atom. The summed E-state index contributed by atoms with van der Waals surface area (Å²) in [5, 5.41) is 6.87. The van der Waals surface area contributed by atoms with Crippen molar-refractivity contribution in [3.63, 3.8) is 0 Å². The number of nitrogens with one attached hydrogen (secondary N) is 2. The van der Waals surface area contributed by atoms with Gasteiger partial charge in [0.1, 0.15) is 0 Å². The fraction of sp³-hybridized carbons (Fsp3) is 0.667. The SMILES string of the molecule is CCS(=O)C1CCCC(NC(=NC)NCC(C)(C)c2cccc(C(F)(F)F)c2)C1.I. The van der Waals surface area contributed by atoms with E-state index in [9.17, 15) is 17.4 Å². The Kier molecular flexibility index (Phi) is 10.6. The van der Waals surface area contributed by atoms with Gasteiger partial charge in [0.15, 0.2) is 5.96 Å². The maximum Gasteiger partial charge on any atom is 0.416 e. The average Bonchev–Trinajstić information content (AvgIpc) is 2.70. The van der Waals surface area contributed by atoms with Gasteiger partial charge in [0.25, 0.3) is 0 Å². The quantitative estimate of drug-likeness (QED) is 0.298. The highest BCUT2D eigenvalue weighted by Crippen LogP contribution is 2.32. The molecule has 172 valence electrons. The molecule has 1 aromatic carbocycles. The molecule has 1 fully saturated rings. The van der Waals surface area contributed by atoms with E-state index >= 15 is 0 Å². The van der Waals surface area contributed by atoms with Crippen LogP contribution < -0.4 is 10.6 Å². The topological polar surface area (TPSA) is 53.5 Å². The highest BCUT2D eigenvalue weighted by atomic mass is 127. The minimum atomic E-state index is -4.35. The third kappa shape index (κ3) is 7.69. The first-order chi connectivity index (χ1) is 13.6. The summed E-state index contributed by atoms with van der Waals surface area (Å²) in [4.78, 5) is 4.26. The molecule has 9 heteroatoms. The maximum atomic E-state index is 13.0. The lowest BCUT2D eigenvalue weighted by Crippen LogP contribution is -2.49. The molecule has 3 unspecified atom stereocenters. The molecule has 0 saturated heterocycles. The van der Waals surface area contributed by atoms with Crippen LogP contribution >= 0.6 is 24.0 Å². The smallest absolute Gasteiger partial charge is 0.356 e. The zero-order valence-electron chi connectivity index (χ0n) is 18.0. The van der Waals surface area contributed by atoms with Gasteiger partial charge < -0.3 is 10.6 Å². The molecule has 2 rings (SSSR count). The number of nitrogens with zero attached hydrogens (tertiary/aromatic N) is 1. The van der Waals surface area contributed by atoms with E-state index in [1.165, 1.54) is 12.1 Å². The molecular formula is C21H33F3IN3OS. The Balaban J connectivity index is 0.00000450. The van der Waals surface area contributed by atoms with Gasteiger partial charge >= 0.3 is 6.18 Å². The fourth-order valence-corrected chi connectivity index (χ4v) is 5.01. The van der Waals surface area contributed by atoms with Gasteiger partial charge in [-0.2, -0.15) is 13.2 Å². The van der Waals surface area contributed by atoms with Gasteiger partial charge in [-0.15, -0.1) is 24.0 Å². The highest BCUT2D eigenvalue weighted by Gasteiger charge is 2.32. The Morgan fingerprint density at radius 3 is 2.50 bits per heavy atom. The number of guanidine groups is 1. The second-order valence-corrected chi connectivity index (χ2v) is 10.2. The van der Waals surface area contributed by atoms with E-state index in [0.29, 0.717) is 23.8 Å². The summed E-state index contributed by atoms with van der Waals surface area (Å²) in [5.74, 6) is 1.30. The van der Waals surface area contributed by atoms with Crippen LogP contribution in [-0.2, 0) is 22.4 Å². The minimum absolute atomic E-state index is 0. The van der Waals surface area contributed by atoms with E-state index in [1.807, 2.05) is 20.8 Å². The van der Waals surface area contributed by atoms with Gasteiger partial charge in [-0.25, -0.2) is 0 Å². The molecule has 2 N–H and O–H groups in total. The van der Waals surface area contributed by atoms with Crippen LogP contribution in [0.25, 0.3) is 0 Å². The second kappa shape index (κ2) is 11.7. The van der Waals surface area contributed by atoms with Crippen LogP contribution in [-0.4, -0.2) is 40.8 Å². The summed E-state index contributed by atoms with van der Waals surface area (Å²) in [6.07, 6.45) is -0.492. The number of alkyl halides is 3. The monoisotopic (exact) mass is 559 g/mol. The van der Waals surface area contributed by atoms with E-state index in [2.05, 4.69) is 15.6 Å². The number of halogens is 4. The lowest BCUT2D eigenvalue weighted by Gasteiger charge is -2.32. The van der Waals surface area contributed by atoms with Gasteiger partial charge in [0, 0.05) is 46.9 Å². The first kappa shape index (κ1) is 27.2. The molecule has 0 radical (unpaired) electrons. The maximum absolute atomic E-state index is 13.0. The summed E-state index contributed by atoms with van der Waals surface area (Å²) in [5.41, 5.74) is -0.536. The number of hydrogen-bond donors (Lipinski definition) is 2. The van der Waals surface area contributed by atoms with E-state index in [4.69, 9.17) is 0 Å². The molecule has 1 aliphatic rings. The van der Waals surface area contributed by atoms with Gasteiger partial charge in [-0.1, -0.05) is 45.4 Å². The van der Waals surface area contributed by atoms with Crippen molar-refractivity contribution in [3.8, 4) is 0 Å². The van der Waals surface area contributed by atoms with Crippen molar-refractivity contribution < 1.29 is 17.4 Å². The molecule has 1 aliphatic carbocycles. The van der Waals surface area contributed by atoms with Crippen molar-refractivity contribution in [2.24, 2.45) is 4.99 Å². The number of rotatable bonds is 6. The van der Waals surface area contributed by atoms with Crippen LogP contribution in [0.4, 0.5) is 13.2 Å². The molecule has 0 aliphatic heterocycles. The van der Waals surface area contributed by atoms with Crippen LogP contribution in [0, 0.1) is 0 Å². The molecule has 3 atom stereocenters. The molecule has 30 heavy (non-hydrogen) atoms. The second-order valence-electron chi connectivity index (χ2n) is 8.19. The molecule has 1 aromatic rings. The molecular weight excluding hydrogens is 526 g/mol. The van der Waals surface area contributed by atoms with Gasteiger partial charge in [0.2, 0.25) is 0 Å². The van der Waals surface area contributed by atoms with Crippen molar-refractivity contribution in [2.75, 3.05) is 19.3 Å². The Bertz CT molecular complexity index is 740. The summed E-state index contributed by atoms with van der Waals surface area (Å²) in [6, 6.07) is 5.67. The van der Waals surface area contributed by atoms with E-state index in [-0.39, 0.29) is 35.3 Å². The Hall–Kier alpha value is -0.840. The van der Waals surface area contributed by atoms with Crippen molar-refractivity contribution in [3.05, 3.63) is 35.4 Å². The summed E-state index contributed by atoms with van der Waals surface area (Å²) in [6.45, 7) is 6.20. The molecule has 0 aromatic heterocycles. The third-order valence-electron chi connectivity index (χ3n) is 5.52. The van der Waals surface area contributed by atoms with E-state index < -0.39 is 28.0 Å². The third-order valence-corrected chi connectivity index (χ3v) is 7.26. The van der Waals surface area contributed by atoms with Crippen LogP contribution in [0.3, 0.4) is 0 Å². The normalized spacial score (nSPS) is 21.5. The largest absolute Gasteiger partial charge is 0.416 e.